The van der Waals surface area contributed by atoms with Crippen LogP contribution in [0.4, 0.5) is 5.69 Å². The number of amides is 1. The lowest BCUT2D eigenvalue weighted by Crippen LogP contribution is -2.29. The van der Waals surface area contributed by atoms with Crippen molar-refractivity contribution in [2.75, 3.05) is 17.7 Å². The molecule has 0 radical (unpaired) electrons. The van der Waals surface area contributed by atoms with Crippen LogP contribution >= 0.6 is 35.0 Å². The predicted octanol–water partition coefficient (Wildman–Crippen LogP) is 3.06. The largest absolute Gasteiger partial charge is 0.273 e. The quantitative estimate of drug-likeness (QED) is 0.789. The Kier molecular flexibility index (Phi) is 3.42. The van der Waals surface area contributed by atoms with E-state index in [1.807, 2.05) is 0 Å². The van der Waals surface area contributed by atoms with Gasteiger partial charge in [0.05, 0.1) is 21.5 Å². The Morgan fingerprint density at radius 3 is 2.56 bits per heavy atom. The van der Waals surface area contributed by atoms with Crippen LogP contribution in [0.5, 0.6) is 0 Å². The van der Waals surface area contributed by atoms with E-state index in [1.165, 1.54) is 16.7 Å². The topological polar surface area (TPSA) is 32.7 Å². The maximum Gasteiger partial charge on any atom is 0.243 e. The van der Waals surface area contributed by atoms with Gasteiger partial charge in [-0.25, -0.2) is 0 Å². The van der Waals surface area contributed by atoms with Crippen LogP contribution in [0, 0.1) is 0 Å². The minimum absolute atomic E-state index is 0.0550. The molecule has 0 aromatic heterocycles. The third kappa shape index (κ3) is 1.93. The summed E-state index contributed by atoms with van der Waals surface area (Å²) in [7, 11) is 1.64. The third-order valence-electron chi connectivity index (χ3n) is 2.12. The Hall–Kier alpha value is -0.710. The molecule has 1 saturated heterocycles. The number of hydrogen-bond donors (Lipinski definition) is 0. The van der Waals surface area contributed by atoms with Crippen molar-refractivity contribution in [1.82, 2.24) is 0 Å². The maximum atomic E-state index is 11.8. The first-order valence-electron chi connectivity index (χ1n) is 4.51. The molecule has 1 amide bonds. The zero-order valence-corrected chi connectivity index (χ0v) is 10.7. The van der Waals surface area contributed by atoms with E-state index >= 15 is 0 Å². The Labute approximate surface area is 107 Å². The summed E-state index contributed by atoms with van der Waals surface area (Å²) >= 11 is 13.5. The molecule has 1 fully saturated rings. The number of para-hydroxylation sites is 1. The van der Waals surface area contributed by atoms with Crippen molar-refractivity contribution >= 4 is 51.7 Å². The molecule has 0 atom stereocenters. The van der Waals surface area contributed by atoms with Crippen molar-refractivity contribution in [3.8, 4) is 0 Å². The number of rotatable bonds is 1. The molecular formula is C10H8Cl2N2OS. The lowest BCUT2D eigenvalue weighted by molar-refractivity contribution is -0.115. The van der Waals surface area contributed by atoms with Crippen molar-refractivity contribution in [2.45, 2.75) is 0 Å². The minimum Gasteiger partial charge on any atom is -0.273 e. The van der Waals surface area contributed by atoms with Gasteiger partial charge in [0.15, 0.2) is 5.17 Å². The zero-order chi connectivity index (χ0) is 11.7. The third-order valence-corrected chi connectivity index (χ3v) is 3.74. The van der Waals surface area contributed by atoms with Gasteiger partial charge in [-0.3, -0.25) is 14.7 Å². The molecule has 0 aliphatic carbocycles. The fraction of sp³-hybridized carbons (Fsp3) is 0.200. The molecule has 84 valence electrons. The van der Waals surface area contributed by atoms with Crippen LogP contribution in [-0.2, 0) is 4.79 Å². The fourth-order valence-corrected chi connectivity index (χ4v) is 2.85. The molecule has 16 heavy (non-hydrogen) atoms. The lowest BCUT2D eigenvalue weighted by Gasteiger charge is -2.18. The number of nitrogens with zero attached hydrogens (tertiary/aromatic N) is 2. The summed E-state index contributed by atoms with van der Waals surface area (Å²) in [5.41, 5.74) is 0.515. The summed E-state index contributed by atoms with van der Waals surface area (Å²) in [6, 6.07) is 5.14. The second kappa shape index (κ2) is 4.65. The van der Waals surface area contributed by atoms with Crippen LogP contribution in [0.25, 0.3) is 0 Å². The van der Waals surface area contributed by atoms with Gasteiger partial charge in [0.2, 0.25) is 5.91 Å². The van der Waals surface area contributed by atoms with Crippen molar-refractivity contribution in [3.63, 3.8) is 0 Å². The molecule has 0 unspecified atom stereocenters. The molecule has 1 aliphatic heterocycles. The van der Waals surface area contributed by atoms with Gasteiger partial charge in [-0.1, -0.05) is 41.0 Å². The predicted molar refractivity (Wildman–Crippen MR) is 69.8 cm³/mol. The molecule has 0 saturated carbocycles. The second-order valence-electron chi connectivity index (χ2n) is 3.09. The summed E-state index contributed by atoms with van der Waals surface area (Å²) < 4.78 is 0. The van der Waals surface area contributed by atoms with Crippen molar-refractivity contribution in [1.29, 1.82) is 0 Å². The summed E-state index contributed by atoms with van der Waals surface area (Å²) in [4.78, 5) is 17.3. The number of aliphatic imine (C=N–C) groups is 1. The van der Waals surface area contributed by atoms with Gasteiger partial charge < -0.3 is 0 Å². The molecule has 0 spiro atoms. The summed E-state index contributed by atoms with van der Waals surface area (Å²) in [6.07, 6.45) is 0. The van der Waals surface area contributed by atoms with Crippen LogP contribution in [0.15, 0.2) is 23.2 Å². The van der Waals surface area contributed by atoms with Crippen LogP contribution in [0.3, 0.4) is 0 Å². The first-order chi connectivity index (χ1) is 7.65. The molecule has 0 N–H and O–H groups in total. The first kappa shape index (κ1) is 11.8. The Morgan fingerprint density at radius 1 is 1.38 bits per heavy atom. The number of carbonyl (C=O) groups is 1. The van der Waals surface area contributed by atoms with E-state index in [0.717, 1.165) is 0 Å². The van der Waals surface area contributed by atoms with Gasteiger partial charge in [-0.15, -0.1) is 0 Å². The molecule has 1 heterocycles. The highest BCUT2D eigenvalue weighted by molar-refractivity contribution is 8.15. The van der Waals surface area contributed by atoms with Gasteiger partial charge in [-0.2, -0.15) is 0 Å². The minimum atomic E-state index is -0.0550. The van der Waals surface area contributed by atoms with Gasteiger partial charge in [0.25, 0.3) is 0 Å². The van der Waals surface area contributed by atoms with E-state index in [4.69, 9.17) is 23.2 Å². The number of halogens is 2. The SMILES string of the molecule is CN=C1SCC(=O)N1c1c(Cl)cccc1Cl. The van der Waals surface area contributed by atoms with E-state index in [-0.39, 0.29) is 5.91 Å². The Morgan fingerprint density at radius 2 is 2.00 bits per heavy atom. The maximum absolute atomic E-state index is 11.8. The van der Waals surface area contributed by atoms with Crippen LogP contribution in [0.2, 0.25) is 10.0 Å². The van der Waals surface area contributed by atoms with Crippen LogP contribution in [0.1, 0.15) is 0 Å². The average molecular weight is 275 g/mol. The van der Waals surface area contributed by atoms with Crippen molar-refractivity contribution in [2.24, 2.45) is 4.99 Å². The monoisotopic (exact) mass is 274 g/mol. The van der Waals surface area contributed by atoms with Gasteiger partial charge >= 0.3 is 0 Å². The van der Waals surface area contributed by atoms with E-state index in [9.17, 15) is 4.79 Å². The summed E-state index contributed by atoms with van der Waals surface area (Å²) in [5.74, 6) is 0.314. The van der Waals surface area contributed by atoms with Crippen molar-refractivity contribution in [3.05, 3.63) is 28.2 Å². The zero-order valence-electron chi connectivity index (χ0n) is 8.41. The van der Waals surface area contributed by atoms with E-state index < -0.39 is 0 Å². The molecule has 1 aromatic carbocycles. The van der Waals surface area contributed by atoms with Crippen molar-refractivity contribution < 1.29 is 4.79 Å². The average Bonchev–Trinajstić information content (AvgIpc) is 2.60. The van der Waals surface area contributed by atoms with Gasteiger partial charge in [0.1, 0.15) is 0 Å². The first-order valence-corrected chi connectivity index (χ1v) is 6.26. The number of hydrogen-bond acceptors (Lipinski definition) is 3. The molecule has 1 aliphatic rings. The fourth-order valence-electron chi connectivity index (χ4n) is 1.45. The van der Waals surface area contributed by atoms with Gasteiger partial charge in [0, 0.05) is 7.05 Å². The smallest absolute Gasteiger partial charge is 0.243 e. The highest BCUT2D eigenvalue weighted by Gasteiger charge is 2.31. The Bertz CT molecular complexity index is 456. The highest BCUT2D eigenvalue weighted by Crippen LogP contribution is 2.37. The molecule has 1 aromatic rings. The van der Waals surface area contributed by atoms with E-state index in [1.54, 1.807) is 25.2 Å². The number of amidine groups is 1. The molecule has 2 rings (SSSR count). The second-order valence-corrected chi connectivity index (χ2v) is 4.85. The number of benzene rings is 1. The molecular weight excluding hydrogens is 267 g/mol. The lowest BCUT2D eigenvalue weighted by atomic mass is 10.3. The highest BCUT2D eigenvalue weighted by atomic mass is 35.5. The number of thioether (sulfide) groups is 1. The van der Waals surface area contributed by atoms with E-state index in [2.05, 4.69) is 4.99 Å². The van der Waals surface area contributed by atoms with Crippen LogP contribution in [-0.4, -0.2) is 23.9 Å². The number of anilines is 1. The molecule has 3 nitrogen and oxygen atoms in total. The summed E-state index contributed by atoms with van der Waals surface area (Å²) in [6.45, 7) is 0. The van der Waals surface area contributed by atoms with E-state index in [0.29, 0.717) is 26.7 Å². The number of carbonyl (C=O) groups excluding carboxylic acids is 1. The normalized spacial score (nSPS) is 18.6. The molecule has 0 bridgehead atoms. The standard InChI is InChI=1S/C10H8Cl2N2OS/c1-13-10-14(8(15)5-16-10)9-6(11)3-2-4-7(9)12/h2-4H,5H2,1H3. The Balaban J connectivity index is 2.55. The van der Waals surface area contributed by atoms with Crippen LogP contribution < -0.4 is 4.90 Å². The molecule has 6 heteroatoms. The summed E-state index contributed by atoms with van der Waals surface area (Å²) in [5, 5.41) is 1.52. The van der Waals surface area contributed by atoms with Gasteiger partial charge in [-0.05, 0) is 12.1 Å².